The zero-order valence-electron chi connectivity index (χ0n) is 13.7. The standard InChI is InChI=1S/2C7H7N3O2S/c2*1-5-9-6-3-2-4-8-7(6)13(11,12)10-5/h2*2-4H,1H3,(H,9,10). The van der Waals surface area contributed by atoms with Crippen LogP contribution in [-0.4, -0.2) is 38.5 Å². The van der Waals surface area contributed by atoms with Crippen molar-refractivity contribution in [1.82, 2.24) is 9.97 Å². The van der Waals surface area contributed by atoms with E-state index in [1.165, 1.54) is 12.4 Å². The number of sulfonamides is 2. The van der Waals surface area contributed by atoms with Gasteiger partial charge in [0.1, 0.15) is 11.7 Å². The second kappa shape index (κ2) is 6.46. The molecule has 0 aliphatic carbocycles. The molecule has 2 aromatic heterocycles. The largest absolute Gasteiger partial charge is 0.341 e. The number of aromatic nitrogens is 2. The Morgan fingerprint density at radius 3 is 1.50 bits per heavy atom. The predicted molar refractivity (Wildman–Crippen MR) is 96.3 cm³/mol. The first-order valence-electron chi connectivity index (χ1n) is 7.26. The van der Waals surface area contributed by atoms with Gasteiger partial charge in [-0.25, -0.2) is 9.97 Å². The Morgan fingerprint density at radius 1 is 0.731 bits per heavy atom. The molecule has 2 N–H and O–H groups in total. The van der Waals surface area contributed by atoms with Crippen LogP contribution >= 0.6 is 0 Å². The van der Waals surface area contributed by atoms with Crippen molar-refractivity contribution in [2.45, 2.75) is 23.9 Å². The molecule has 0 aromatic carbocycles. The van der Waals surface area contributed by atoms with Gasteiger partial charge in [0.2, 0.25) is 10.1 Å². The van der Waals surface area contributed by atoms with E-state index in [4.69, 9.17) is 0 Å². The molecule has 0 saturated heterocycles. The van der Waals surface area contributed by atoms with Crippen molar-refractivity contribution in [1.29, 1.82) is 0 Å². The quantitative estimate of drug-likeness (QED) is 0.679. The van der Waals surface area contributed by atoms with E-state index in [0.29, 0.717) is 23.0 Å². The molecule has 2 aliphatic heterocycles. The SMILES string of the molecule is CC1=NS(=O)(=O)c2ncccc2N1.CC1=NS(=O)(=O)c2ncccc2N1. The smallest absolute Gasteiger partial charge is 0.303 e. The fourth-order valence-electron chi connectivity index (χ4n) is 2.27. The van der Waals surface area contributed by atoms with Crippen molar-refractivity contribution in [2.75, 3.05) is 10.6 Å². The number of anilines is 2. The Labute approximate surface area is 150 Å². The molecule has 136 valence electrons. The minimum Gasteiger partial charge on any atom is -0.341 e. The Bertz CT molecular complexity index is 1050. The average Bonchev–Trinajstić information content (AvgIpc) is 2.53. The van der Waals surface area contributed by atoms with E-state index in [2.05, 4.69) is 29.4 Å². The summed E-state index contributed by atoms with van der Waals surface area (Å²) in [5.74, 6) is 0.723. The fourth-order valence-corrected chi connectivity index (χ4v) is 4.43. The first kappa shape index (κ1) is 17.9. The van der Waals surface area contributed by atoms with E-state index >= 15 is 0 Å². The van der Waals surface area contributed by atoms with Crippen molar-refractivity contribution in [2.24, 2.45) is 8.80 Å². The van der Waals surface area contributed by atoms with Crippen LogP contribution in [0.2, 0.25) is 0 Å². The maximum atomic E-state index is 11.4. The predicted octanol–water partition coefficient (Wildman–Crippen LogP) is 1.23. The molecule has 12 heteroatoms. The molecule has 0 fully saturated rings. The van der Waals surface area contributed by atoms with Gasteiger partial charge in [-0.05, 0) is 38.1 Å². The van der Waals surface area contributed by atoms with Gasteiger partial charge in [-0.15, -0.1) is 8.80 Å². The van der Waals surface area contributed by atoms with E-state index < -0.39 is 20.0 Å². The summed E-state index contributed by atoms with van der Waals surface area (Å²) in [6, 6.07) is 6.63. The van der Waals surface area contributed by atoms with Crippen molar-refractivity contribution < 1.29 is 16.8 Å². The molecule has 26 heavy (non-hydrogen) atoms. The lowest BCUT2D eigenvalue weighted by molar-refractivity contribution is 0.592. The molecule has 0 atom stereocenters. The molecule has 4 heterocycles. The summed E-state index contributed by atoms with van der Waals surface area (Å²) in [5.41, 5.74) is 0.963. The van der Waals surface area contributed by atoms with Crippen LogP contribution in [0.1, 0.15) is 13.8 Å². The Kier molecular flexibility index (Phi) is 4.46. The Morgan fingerprint density at radius 2 is 1.12 bits per heavy atom. The second-order valence-electron chi connectivity index (χ2n) is 5.27. The van der Waals surface area contributed by atoms with Gasteiger partial charge in [-0.3, -0.25) is 0 Å². The highest BCUT2D eigenvalue weighted by molar-refractivity contribution is 7.90. The van der Waals surface area contributed by atoms with E-state index in [0.717, 1.165) is 0 Å². The summed E-state index contributed by atoms with van der Waals surface area (Å²) >= 11 is 0. The third-order valence-corrected chi connectivity index (χ3v) is 5.83. The first-order valence-corrected chi connectivity index (χ1v) is 10.1. The topological polar surface area (TPSA) is 143 Å². The van der Waals surface area contributed by atoms with E-state index in [1.54, 1.807) is 38.1 Å². The maximum Gasteiger partial charge on any atom is 0.303 e. The van der Waals surface area contributed by atoms with Crippen LogP contribution in [0.25, 0.3) is 0 Å². The van der Waals surface area contributed by atoms with Gasteiger partial charge in [0.25, 0.3) is 0 Å². The minimum atomic E-state index is -3.58. The number of hydrogen-bond donors (Lipinski definition) is 2. The normalized spacial score (nSPS) is 18.4. The van der Waals surface area contributed by atoms with Crippen molar-refractivity contribution >= 4 is 43.1 Å². The summed E-state index contributed by atoms with van der Waals surface area (Å²) in [6.45, 7) is 3.18. The highest BCUT2D eigenvalue weighted by Gasteiger charge is 2.24. The number of amidine groups is 2. The van der Waals surface area contributed by atoms with Crippen LogP contribution < -0.4 is 10.6 Å². The number of fused-ring (bicyclic) bond motifs is 2. The third-order valence-electron chi connectivity index (χ3n) is 3.18. The molecular weight excluding hydrogens is 380 g/mol. The molecule has 10 nitrogen and oxygen atoms in total. The van der Waals surface area contributed by atoms with Gasteiger partial charge in [-0.2, -0.15) is 16.8 Å². The summed E-state index contributed by atoms with van der Waals surface area (Å²) in [6.07, 6.45) is 2.85. The highest BCUT2D eigenvalue weighted by atomic mass is 32.2. The zero-order chi connectivity index (χ0) is 18.9. The molecule has 0 spiro atoms. The number of rotatable bonds is 0. The Balaban J connectivity index is 0.000000151. The van der Waals surface area contributed by atoms with Crippen molar-refractivity contribution in [3.8, 4) is 0 Å². The van der Waals surface area contributed by atoms with Crippen LogP contribution in [0.15, 0.2) is 55.5 Å². The van der Waals surface area contributed by atoms with Gasteiger partial charge in [0.15, 0.2) is 0 Å². The summed E-state index contributed by atoms with van der Waals surface area (Å²) in [4.78, 5) is 7.50. The van der Waals surface area contributed by atoms with E-state index in [1.807, 2.05) is 0 Å². The number of pyridine rings is 2. The third kappa shape index (κ3) is 3.55. The molecule has 0 saturated carbocycles. The van der Waals surface area contributed by atoms with Crippen LogP contribution in [0, 0.1) is 0 Å². The van der Waals surface area contributed by atoms with Crippen LogP contribution in [-0.2, 0) is 20.0 Å². The minimum absolute atomic E-state index is 0.0133. The lowest BCUT2D eigenvalue weighted by Gasteiger charge is -2.13. The number of nitrogens with one attached hydrogen (secondary N) is 2. The summed E-state index contributed by atoms with van der Waals surface area (Å²) in [5, 5.41) is 5.62. The monoisotopic (exact) mass is 394 g/mol. The maximum absolute atomic E-state index is 11.4. The second-order valence-corrected chi connectivity index (χ2v) is 8.30. The highest BCUT2D eigenvalue weighted by Crippen LogP contribution is 2.24. The van der Waals surface area contributed by atoms with Crippen LogP contribution in [0.4, 0.5) is 11.4 Å². The van der Waals surface area contributed by atoms with E-state index in [-0.39, 0.29) is 10.1 Å². The number of hydrogen-bond acceptors (Lipinski definition) is 8. The van der Waals surface area contributed by atoms with Crippen molar-refractivity contribution in [3.63, 3.8) is 0 Å². The van der Waals surface area contributed by atoms with Crippen LogP contribution in [0.3, 0.4) is 0 Å². The average molecular weight is 394 g/mol. The van der Waals surface area contributed by atoms with Gasteiger partial charge in [0, 0.05) is 12.4 Å². The first-order chi connectivity index (χ1) is 12.2. The van der Waals surface area contributed by atoms with Gasteiger partial charge in [0.05, 0.1) is 11.4 Å². The zero-order valence-corrected chi connectivity index (χ0v) is 15.3. The molecule has 2 aliphatic rings. The number of nitrogens with zero attached hydrogens (tertiary/aromatic N) is 4. The molecule has 2 aromatic rings. The molecule has 0 amide bonds. The Hall–Kier alpha value is -2.86. The van der Waals surface area contributed by atoms with E-state index in [9.17, 15) is 16.8 Å². The molecule has 4 rings (SSSR count). The lowest BCUT2D eigenvalue weighted by atomic mass is 10.4. The molecule has 0 bridgehead atoms. The summed E-state index contributed by atoms with van der Waals surface area (Å²) < 4.78 is 52.5. The fraction of sp³-hybridized carbons (Fsp3) is 0.143. The van der Waals surface area contributed by atoms with Crippen LogP contribution in [0.5, 0.6) is 0 Å². The lowest BCUT2D eigenvalue weighted by Crippen LogP contribution is -2.19. The molecular formula is C14H14N6O4S2. The van der Waals surface area contributed by atoms with Gasteiger partial charge >= 0.3 is 20.0 Å². The molecule has 0 radical (unpaired) electrons. The van der Waals surface area contributed by atoms with Crippen molar-refractivity contribution in [3.05, 3.63) is 36.7 Å². The van der Waals surface area contributed by atoms with Gasteiger partial charge < -0.3 is 10.6 Å². The van der Waals surface area contributed by atoms with Gasteiger partial charge in [-0.1, -0.05) is 0 Å². The summed E-state index contributed by atoms with van der Waals surface area (Å²) in [7, 11) is -7.15. The molecule has 0 unspecified atom stereocenters.